The lowest BCUT2D eigenvalue weighted by atomic mass is 9.56. The third-order valence-corrected chi connectivity index (χ3v) is 11.2. The molecule has 11 nitrogen and oxygen atoms in total. The fourth-order valence-corrected chi connectivity index (χ4v) is 8.54. The molecule has 2 aliphatic heterocycles. The number of aromatic hydroxyl groups is 1. The van der Waals surface area contributed by atoms with Gasteiger partial charge in [-0.05, 0) is 61.2 Å². The fraction of sp³-hybridized carbons (Fsp3) is 0.273. The quantitative estimate of drug-likeness (QED) is 0.127. The number of imide groups is 2. The van der Waals surface area contributed by atoms with Gasteiger partial charge >= 0.3 is 0 Å². The number of nitrogens with zero attached hydrogens (tertiary/aromatic N) is 3. The minimum Gasteiger partial charge on any atom is -0.508 e. The molecular weight excluding hydrogens is 656 g/mol. The lowest BCUT2D eigenvalue weighted by Crippen LogP contribution is -2.60. The van der Waals surface area contributed by atoms with Crippen LogP contribution in [0.4, 0.5) is 21.5 Å². The van der Waals surface area contributed by atoms with E-state index in [9.17, 15) is 38.8 Å². The van der Waals surface area contributed by atoms with E-state index in [0.717, 1.165) is 21.9 Å². The predicted molar refractivity (Wildman–Crippen MR) is 167 cm³/mol. The molecule has 3 aromatic rings. The van der Waals surface area contributed by atoms with E-state index in [1.807, 2.05) is 0 Å². The molecule has 240 valence electrons. The molecule has 3 aromatic carbocycles. The summed E-state index contributed by atoms with van der Waals surface area (Å²) in [7, 11) is 1.40. The zero-order valence-corrected chi connectivity index (χ0v) is 25.9. The van der Waals surface area contributed by atoms with Gasteiger partial charge in [0.05, 0.1) is 35.2 Å². The molecule has 47 heavy (non-hydrogen) atoms. The van der Waals surface area contributed by atoms with Crippen LogP contribution in [-0.2, 0) is 19.2 Å². The van der Waals surface area contributed by atoms with E-state index in [-0.39, 0.29) is 41.2 Å². The molecule has 0 bridgehead atoms. The van der Waals surface area contributed by atoms with Gasteiger partial charge in [-0.2, -0.15) is 0 Å². The number of halogens is 3. The summed E-state index contributed by atoms with van der Waals surface area (Å²) in [4.78, 5) is 64.6. The summed E-state index contributed by atoms with van der Waals surface area (Å²) in [6.07, 6.45) is 1.47. The summed E-state index contributed by atoms with van der Waals surface area (Å²) in [5.41, 5.74) is 0.544. The predicted octanol–water partition coefficient (Wildman–Crippen LogP) is 5.22. The highest BCUT2D eigenvalue weighted by Crippen LogP contribution is 2.66. The van der Waals surface area contributed by atoms with Crippen molar-refractivity contribution >= 4 is 63.9 Å². The van der Waals surface area contributed by atoms with Crippen molar-refractivity contribution in [3.63, 3.8) is 0 Å². The first kappa shape index (κ1) is 30.8. The number of nitro groups is 1. The summed E-state index contributed by atoms with van der Waals surface area (Å²) in [5.74, 6) is -7.54. The normalized spacial score (nSPS) is 29.7. The topological polar surface area (TPSA) is 147 Å². The molecule has 1 saturated carbocycles. The van der Waals surface area contributed by atoms with Gasteiger partial charge in [0.2, 0.25) is 11.8 Å². The first-order valence-electron chi connectivity index (χ1n) is 14.5. The monoisotopic (exact) mass is 679 g/mol. The van der Waals surface area contributed by atoms with E-state index in [4.69, 9.17) is 27.9 Å². The lowest BCUT2D eigenvalue weighted by molar-refractivity contribution is -0.384. The van der Waals surface area contributed by atoms with Crippen molar-refractivity contribution in [1.29, 1.82) is 0 Å². The molecule has 14 heteroatoms. The van der Waals surface area contributed by atoms with E-state index in [0.29, 0.717) is 11.3 Å². The van der Waals surface area contributed by atoms with Crippen molar-refractivity contribution in [1.82, 2.24) is 0 Å². The zero-order chi connectivity index (χ0) is 33.6. The van der Waals surface area contributed by atoms with Crippen LogP contribution in [0.3, 0.4) is 0 Å². The van der Waals surface area contributed by atoms with E-state index in [1.54, 1.807) is 12.1 Å². The summed E-state index contributed by atoms with van der Waals surface area (Å²) in [6, 6.07) is 14.0. The Balaban J connectivity index is 1.38. The number of allylic oxidation sites excluding steroid dienone is 2. The standard InChI is InChI=1S/C33H24Cl2FN3O8/c1-47-20-10-11-22(25(40)14-20)27-21-12-13-23-26(29(42)37(28(23)41)17-6-8-19(9-7-17)39(45)46)24(21)15-32(34)30(43)38(31(44)33(27,32)35)18-4-2-16(36)3-5-18/h2-12,14,23-24,26-27,40H,13,15H2,1H3/t23-,24+,26-,27+,32+,33-/m0/s1. The van der Waals surface area contributed by atoms with Gasteiger partial charge in [-0.3, -0.25) is 34.2 Å². The van der Waals surface area contributed by atoms with Gasteiger partial charge in [0.1, 0.15) is 17.3 Å². The van der Waals surface area contributed by atoms with Crippen LogP contribution in [0.1, 0.15) is 24.3 Å². The molecule has 3 fully saturated rings. The van der Waals surface area contributed by atoms with E-state index in [2.05, 4.69) is 0 Å². The molecule has 7 rings (SSSR count). The number of phenolic OH excluding ortho intramolecular Hbond substituents is 1. The van der Waals surface area contributed by atoms with Crippen molar-refractivity contribution in [2.24, 2.45) is 17.8 Å². The number of anilines is 2. The van der Waals surface area contributed by atoms with Crippen LogP contribution < -0.4 is 14.5 Å². The molecule has 0 aromatic heterocycles. The summed E-state index contributed by atoms with van der Waals surface area (Å²) >= 11 is 14.6. The SMILES string of the molecule is COc1ccc([C@H]2C3=CC[C@@H]4C(=O)N(c5ccc([N+](=O)[O-])cc5)C(=O)[C@@H]4[C@@H]3C[C@@]3(Cl)C(=O)N(c4ccc(F)cc4)C(=O)[C@@]23Cl)c(O)c1. The molecule has 0 unspecified atom stereocenters. The third kappa shape index (κ3) is 4.17. The second-order valence-corrected chi connectivity index (χ2v) is 13.2. The summed E-state index contributed by atoms with van der Waals surface area (Å²) < 4.78 is 19.1. The number of benzene rings is 3. The molecule has 0 radical (unpaired) electrons. The third-order valence-electron chi connectivity index (χ3n) is 9.76. The summed E-state index contributed by atoms with van der Waals surface area (Å²) in [6.45, 7) is 0. The van der Waals surface area contributed by atoms with Gasteiger partial charge in [0.15, 0.2) is 9.75 Å². The first-order valence-corrected chi connectivity index (χ1v) is 15.3. The van der Waals surface area contributed by atoms with Crippen molar-refractivity contribution in [3.8, 4) is 11.5 Å². The number of carbonyl (C=O) groups excluding carboxylic acids is 4. The Hall–Kier alpha value is -4.81. The number of non-ortho nitro benzene ring substituents is 1. The Morgan fingerprint density at radius 2 is 1.55 bits per heavy atom. The molecule has 0 spiro atoms. The minimum atomic E-state index is -2.22. The molecule has 2 saturated heterocycles. The van der Waals surface area contributed by atoms with Crippen LogP contribution >= 0.6 is 23.2 Å². The number of alkyl halides is 2. The molecule has 4 amide bonds. The van der Waals surface area contributed by atoms with Crippen molar-refractivity contribution in [2.45, 2.75) is 28.5 Å². The van der Waals surface area contributed by atoms with Crippen LogP contribution in [0.5, 0.6) is 11.5 Å². The van der Waals surface area contributed by atoms with Crippen LogP contribution in [0.15, 0.2) is 78.4 Å². The van der Waals surface area contributed by atoms with Crippen LogP contribution in [0, 0.1) is 33.7 Å². The van der Waals surface area contributed by atoms with E-state index >= 15 is 0 Å². The molecule has 2 aliphatic carbocycles. The number of hydrogen-bond acceptors (Lipinski definition) is 8. The molecular formula is C33H24Cl2FN3O8. The van der Waals surface area contributed by atoms with Gasteiger partial charge in [-0.25, -0.2) is 9.29 Å². The Labute approximate surface area is 276 Å². The van der Waals surface area contributed by atoms with Crippen LogP contribution in [-0.4, -0.2) is 50.5 Å². The number of ether oxygens (including phenoxy) is 1. The number of carbonyl (C=O) groups is 4. The van der Waals surface area contributed by atoms with Crippen LogP contribution in [0.2, 0.25) is 0 Å². The maximum Gasteiger partial charge on any atom is 0.269 e. The number of methoxy groups -OCH3 is 1. The zero-order valence-electron chi connectivity index (χ0n) is 24.4. The highest BCUT2D eigenvalue weighted by atomic mass is 35.5. The van der Waals surface area contributed by atoms with E-state index < -0.39 is 67.8 Å². The second-order valence-electron chi connectivity index (χ2n) is 12.0. The van der Waals surface area contributed by atoms with Gasteiger partial charge in [0, 0.05) is 29.7 Å². The van der Waals surface area contributed by atoms with E-state index in [1.165, 1.54) is 55.6 Å². The molecule has 2 heterocycles. The number of nitro benzene ring substituents is 1. The van der Waals surface area contributed by atoms with Gasteiger partial charge in [0.25, 0.3) is 17.5 Å². The first-order chi connectivity index (χ1) is 22.3. The molecule has 1 N–H and O–H groups in total. The highest BCUT2D eigenvalue weighted by molar-refractivity contribution is 6.58. The Bertz CT molecular complexity index is 1940. The second kappa shape index (κ2) is 10.6. The van der Waals surface area contributed by atoms with Crippen molar-refractivity contribution in [2.75, 3.05) is 16.9 Å². The highest BCUT2D eigenvalue weighted by Gasteiger charge is 2.77. The Kier molecular flexibility index (Phi) is 6.96. The van der Waals surface area contributed by atoms with Gasteiger partial charge in [-0.1, -0.05) is 17.7 Å². The summed E-state index contributed by atoms with van der Waals surface area (Å²) in [5, 5.41) is 22.4. The number of hydrogen-bond donors (Lipinski definition) is 1. The van der Waals surface area contributed by atoms with Crippen LogP contribution in [0.25, 0.3) is 0 Å². The Morgan fingerprint density at radius 3 is 2.17 bits per heavy atom. The number of fused-ring (bicyclic) bond motifs is 4. The van der Waals surface area contributed by atoms with Crippen molar-refractivity contribution < 1.29 is 38.3 Å². The van der Waals surface area contributed by atoms with Gasteiger partial charge < -0.3 is 9.84 Å². The molecule has 4 aliphatic rings. The van der Waals surface area contributed by atoms with Crippen molar-refractivity contribution in [3.05, 3.63) is 99.9 Å². The number of amides is 4. The smallest absolute Gasteiger partial charge is 0.269 e. The number of phenols is 1. The molecule has 6 atom stereocenters. The fourth-order valence-electron chi connectivity index (χ4n) is 7.62. The maximum absolute atomic E-state index is 14.4. The average Bonchev–Trinajstić information content (AvgIpc) is 3.39. The Morgan fingerprint density at radius 1 is 0.915 bits per heavy atom. The average molecular weight is 680 g/mol. The lowest BCUT2D eigenvalue weighted by Gasteiger charge is -2.50. The largest absolute Gasteiger partial charge is 0.508 e. The maximum atomic E-state index is 14.4. The number of rotatable bonds is 5. The minimum absolute atomic E-state index is 0.0276. The van der Waals surface area contributed by atoms with Gasteiger partial charge in [-0.15, -0.1) is 23.2 Å².